The number of aliphatic carboxylic acids is 1. The van der Waals surface area contributed by atoms with Crippen molar-refractivity contribution in [2.24, 2.45) is 0 Å². The molecule has 0 radical (unpaired) electrons. The Hall–Kier alpha value is -1.53. The van der Waals surface area contributed by atoms with E-state index in [2.05, 4.69) is 5.32 Å². The minimum absolute atomic E-state index is 0.343. The van der Waals surface area contributed by atoms with Crippen molar-refractivity contribution >= 4 is 11.9 Å². The molecule has 0 saturated carbocycles. The van der Waals surface area contributed by atoms with Crippen molar-refractivity contribution in [1.82, 2.24) is 5.32 Å². The van der Waals surface area contributed by atoms with Gasteiger partial charge in [-0.15, -0.1) is 0 Å². The Bertz CT molecular complexity index is 310. The summed E-state index contributed by atoms with van der Waals surface area (Å²) in [6, 6.07) is -0.720. The topological polar surface area (TPSA) is 66.4 Å². The van der Waals surface area contributed by atoms with Crippen molar-refractivity contribution in [3.8, 4) is 0 Å². The van der Waals surface area contributed by atoms with E-state index in [-0.39, 0.29) is 6.42 Å². The fraction of sp³-hybridized carbons (Fsp3) is 0.556. The fourth-order valence-corrected chi connectivity index (χ4v) is 0.876. The van der Waals surface area contributed by atoms with Gasteiger partial charge in [-0.3, -0.25) is 9.59 Å². The van der Waals surface area contributed by atoms with E-state index >= 15 is 0 Å². The molecule has 0 aromatic heterocycles. The molecular formula is C9H12F3NO3. The normalized spacial score (nSPS) is 14.4. The number of carbonyl (C=O) groups excluding carboxylic acids is 1. The van der Waals surface area contributed by atoms with E-state index in [0.29, 0.717) is 6.08 Å². The van der Waals surface area contributed by atoms with Gasteiger partial charge in [0.05, 0.1) is 6.42 Å². The van der Waals surface area contributed by atoms with E-state index in [1.165, 1.54) is 6.92 Å². The summed E-state index contributed by atoms with van der Waals surface area (Å²) in [5, 5.41) is 10.5. The van der Waals surface area contributed by atoms with Gasteiger partial charge in [0.1, 0.15) is 0 Å². The minimum atomic E-state index is -4.55. The van der Waals surface area contributed by atoms with Gasteiger partial charge in [0.2, 0.25) is 5.91 Å². The molecule has 92 valence electrons. The summed E-state index contributed by atoms with van der Waals surface area (Å²) in [6.45, 7) is 2.16. The summed E-state index contributed by atoms with van der Waals surface area (Å²) in [5.74, 6) is -2.09. The van der Waals surface area contributed by atoms with Crippen molar-refractivity contribution in [3.05, 3.63) is 11.6 Å². The molecular weight excluding hydrogens is 227 g/mol. The first-order chi connectivity index (χ1) is 7.12. The van der Waals surface area contributed by atoms with Gasteiger partial charge in [-0.1, -0.05) is 0 Å². The number of allylic oxidation sites excluding steroid dienone is 1. The number of alkyl halides is 3. The second-order valence-corrected chi connectivity index (χ2v) is 3.33. The number of halogens is 3. The number of carboxylic acids is 1. The van der Waals surface area contributed by atoms with Crippen LogP contribution in [0.1, 0.15) is 20.3 Å². The average molecular weight is 239 g/mol. The molecule has 1 amide bonds. The van der Waals surface area contributed by atoms with Crippen molar-refractivity contribution in [2.75, 3.05) is 0 Å². The first kappa shape index (κ1) is 14.5. The third-order valence-corrected chi connectivity index (χ3v) is 1.66. The van der Waals surface area contributed by atoms with Crippen molar-refractivity contribution < 1.29 is 27.9 Å². The molecule has 0 rings (SSSR count). The number of nitrogens with one attached hydrogen (secondary N) is 1. The quantitative estimate of drug-likeness (QED) is 0.730. The molecule has 0 aliphatic rings. The number of carboxylic acid groups (broad SMARTS) is 1. The molecule has 0 aliphatic carbocycles. The Kier molecular flexibility index (Phi) is 5.00. The predicted molar refractivity (Wildman–Crippen MR) is 49.7 cm³/mol. The van der Waals surface area contributed by atoms with Crippen LogP contribution in [0.3, 0.4) is 0 Å². The fourth-order valence-electron chi connectivity index (χ4n) is 0.876. The Labute approximate surface area is 90.1 Å². The molecule has 2 N–H and O–H groups in total. The van der Waals surface area contributed by atoms with E-state index < -0.39 is 29.7 Å². The van der Waals surface area contributed by atoms with Gasteiger partial charge in [0, 0.05) is 17.7 Å². The first-order valence-electron chi connectivity index (χ1n) is 4.40. The highest BCUT2D eigenvalue weighted by molar-refractivity contribution is 5.88. The molecule has 0 aromatic rings. The Morgan fingerprint density at radius 2 is 1.94 bits per heavy atom. The van der Waals surface area contributed by atoms with Gasteiger partial charge in [0.15, 0.2) is 0 Å². The molecule has 1 unspecified atom stereocenters. The highest BCUT2D eigenvalue weighted by atomic mass is 19.4. The summed E-state index contributed by atoms with van der Waals surface area (Å²) >= 11 is 0. The van der Waals surface area contributed by atoms with Crippen LogP contribution in [0.4, 0.5) is 13.2 Å². The zero-order valence-corrected chi connectivity index (χ0v) is 8.76. The van der Waals surface area contributed by atoms with Crippen LogP contribution in [-0.4, -0.2) is 29.2 Å². The highest BCUT2D eigenvalue weighted by Crippen LogP contribution is 2.24. The number of hydrogen-bond acceptors (Lipinski definition) is 2. The van der Waals surface area contributed by atoms with Crippen LogP contribution in [0.15, 0.2) is 11.6 Å². The smallest absolute Gasteiger partial charge is 0.412 e. The van der Waals surface area contributed by atoms with E-state index in [1.54, 1.807) is 0 Å². The lowest BCUT2D eigenvalue weighted by Gasteiger charge is -2.11. The largest absolute Gasteiger partial charge is 0.481 e. The Balaban J connectivity index is 4.34. The lowest BCUT2D eigenvalue weighted by atomic mass is 10.2. The van der Waals surface area contributed by atoms with Gasteiger partial charge in [-0.05, 0) is 13.8 Å². The Morgan fingerprint density at radius 1 is 1.44 bits per heavy atom. The van der Waals surface area contributed by atoms with E-state index in [0.717, 1.165) is 6.92 Å². The summed E-state index contributed by atoms with van der Waals surface area (Å²) in [4.78, 5) is 21.2. The number of hydrogen-bond donors (Lipinski definition) is 2. The summed E-state index contributed by atoms with van der Waals surface area (Å²) in [6.07, 6.45) is -4.49. The van der Waals surface area contributed by atoms with Crippen LogP contribution in [0.25, 0.3) is 0 Å². The van der Waals surface area contributed by atoms with E-state index in [4.69, 9.17) is 5.11 Å². The SMILES string of the molecule is C/C(=C\C(=O)NC(C)CC(=O)O)C(F)(F)F. The minimum Gasteiger partial charge on any atom is -0.481 e. The number of amides is 1. The molecule has 0 saturated heterocycles. The number of rotatable bonds is 4. The standard InChI is InChI=1S/C9H12F3NO3/c1-5(9(10,11)12)3-7(14)13-6(2)4-8(15)16/h3,6H,4H2,1-2H3,(H,13,14)(H,15,16)/b5-3+. The maximum Gasteiger partial charge on any atom is 0.412 e. The summed E-state index contributed by atoms with van der Waals surface area (Å²) in [5.41, 5.74) is -1.03. The highest BCUT2D eigenvalue weighted by Gasteiger charge is 2.30. The molecule has 4 nitrogen and oxygen atoms in total. The van der Waals surface area contributed by atoms with Crippen LogP contribution >= 0.6 is 0 Å². The third-order valence-electron chi connectivity index (χ3n) is 1.66. The van der Waals surface area contributed by atoms with E-state index in [1.807, 2.05) is 0 Å². The van der Waals surface area contributed by atoms with Crippen LogP contribution in [0.2, 0.25) is 0 Å². The zero-order valence-electron chi connectivity index (χ0n) is 8.76. The van der Waals surface area contributed by atoms with Gasteiger partial charge in [0.25, 0.3) is 0 Å². The first-order valence-corrected chi connectivity index (χ1v) is 4.40. The van der Waals surface area contributed by atoms with Gasteiger partial charge in [-0.25, -0.2) is 0 Å². The second-order valence-electron chi connectivity index (χ2n) is 3.33. The lowest BCUT2D eigenvalue weighted by molar-refractivity contribution is -0.137. The van der Waals surface area contributed by atoms with Crippen LogP contribution in [0.5, 0.6) is 0 Å². The van der Waals surface area contributed by atoms with Crippen LogP contribution in [0, 0.1) is 0 Å². The lowest BCUT2D eigenvalue weighted by Crippen LogP contribution is -2.33. The summed E-state index contributed by atoms with van der Waals surface area (Å²) < 4.78 is 36.0. The van der Waals surface area contributed by atoms with Crippen molar-refractivity contribution in [3.63, 3.8) is 0 Å². The summed E-state index contributed by atoms with van der Waals surface area (Å²) in [7, 11) is 0. The van der Waals surface area contributed by atoms with E-state index in [9.17, 15) is 22.8 Å². The molecule has 0 aromatic carbocycles. The number of carbonyl (C=O) groups is 2. The molecule has 1 atom stereocenters. The van der Waals surface area contributed by atoms with Gasteiger partial charge in [-0.2, -0.15) is 13.2 Å². The maximum absolute atomic E-state index is 12.0. The van der Waals surface area contributed by atoms with Crippen molar-refractivity contribution in [2.45, 2.75) is 32.5 Å². The third kappa shape index (κ3) is 6.05. The van der Waals surface area contributed by atoms with Crippen LogP contribution < -0.4 is 5.32 Å². The Morgan fingerprint density at radius 3 is 2.31 bits per heavy atom. The monoisotopic (exact) mass is 239 g/mol. The molecule has 0 bridgehead atoms. The molecule has 0 spiro atoms. The van der Waals surface area contributed by atoms with Gasteiger partial charge < -0.3 is 10.4 Å². The molecule has 0 aliphatic heterocycles. The zero-order chi connectivity index (χ0) is 12.9. The van der Waals surface area contributed by atoms with Gasteiger partial charge >= 0.3 is 12.1 Å². The molecule has 0 fully saturated rings. The molecule has 7 heteroatoms. The van der Waals surface area contributed by atoms with Crippen molar-refractivity contribution in [1.29, 1.82) is 0 Å². The molecule has 16 heavy (non-hydrogen) atoms. The predicted octanol–water partition coefficient (Wildman–Crippen LogP) is 1.47. The van der Waals surface area contributed by atoms with Crippen LogP contribution in [-0.2, 0) is 9.59 Å². The average Bonchev–Trinajstić information content (AvgIpc) is 1.98. The second kappa shape index (κ2) is 5.53. The molecule has 0 heterocycles. The maximum atomic E-state index is 12.0.